The van der Waals surface area contributed by atoms with Crippen molar-refractivity contribution in [1.82, 2.24) is 0 Å². The van der Waals surface area contributed by atoms with E-state index in [9.17, 15) is 9.59 Å². The minimum absolute atomic E-state index is 0.150. The Bertz CT molecular complexity index is 990. The third-order valence-electron chi connectivity index (χ3n) is 3.60. The molecule has 0 amide bonds. The highest BCUT2D eigenvalue weighted by Gasteiger charge is 2.15. The number of benzene rings is 2. The average molecular weight is 345 g/mol. The van der Waals surface area contributed by atoms with Crippen molar-refractivity contribution in [3.63, 3.8) is 0 Å². The fourth-order valence-corrected chi connectivity index (χ4v) is 2.76. The van der Waals surface area contributed by atoms with Gasteiger partial charge in [0, 0.05) is 6.07 Å². The summed E-state index contributed by atoms with van der Waals surface area (Å²) in [7, 11) is 0. The number of aryl methyl sites for hydroxylation is 1. The lowest BCUT2D eigenvalue weighted by Gasteiger charge is -2.09. The maximum atomic E-state index is 12.8. The van der Waals surface area contributed by atoms with Crippen molar-refractivity contribution in [1.29, 1.82) is 0 Å². The van der Waals surface area contributed by atoms with Gasteiger partial charge in [-0.05, 0) is 24.1 Å². The molecule has 0 bridgehead atoms. The summed E-state index contributed by atoms with van der Waals surface area (Å²) in [6.45, 7) is 1.40. The van der Waals surface area contributed by atoms with E-state index < -0.39 is 12.6 Å². The SMILES string of the molecule is Cc1ccccc1-c1coc2cc(OCC(=O)O)cc(Cl)c2c1=O. The molecular weight excluding hydrogens is 332 g/mol. The molecule has 0 fully saturated rings. The van der Waals surface area contributed by atoms with Gasteiger partial charge < -0.3 is 14.3 Å². The fourth-order valence-electron chi connectivity index (χ4n) is 2.47. The Balaban J connectivity index is 2.15. The first kappa shape index (κ1) is 16.1. The summed E-state index contributed by atoms with van der Waals surface area (Å²) in [6, 6.07) is 10.3. The summed E-state index contributed by atoms with van der Waals surface area (Å²) in [5.41, 5.74) is 2.13. The number of aliphatic carboxylic acids is 1. The van der Waals surface area contributed by atoms with Crippen molar-refractivity contribution in [3.8, 4) is 16.9 Å². The summed E-state index contributed by atoms with van der Waals surface area (Å²) in [5, 5.41) is 9.04. The first-order chi connectivity index (χ1) is 11.5. The molecule has 3 rings (SSSR count). The molecule has 0 unspecified atom stereocenters. The van der Waals surface area contributed by atoms with Crippen molar-refractivity contribution in [2.75, 3.05) is 6.61 Å². The summed E-state index contributed by atoms with van der Waals surface area (Å²) >= 11 is 6.19. The lowest BCUT2D eigenvalue weighted by molar-refractivity contribution is -0.139. The number of carbonyl (C=O) groups is 1. The predicted octanol–water partition coefficient (Wildman–Crippen LogP) is 3.89. The van der Waals surface area contributed by atoms with Crippen molar-refractivity contribution in [2.24, 2.45) is 0 Å². The normalized spacial score (nSPS) is 10.8. The molecule has 0 aliphatic carbocycles. The second-order valence-corrected chi connectivity index (χ2v) is 5.66. The number of rotatable bonds is 4. The maximum Gasteiger partial charge on any atom is 0.341 e. The Kier molecular flexibility index (Phi) is 4.27. The minimum Gasteiger partial charge on any atom is -0.482 e. The number of hydrogen-bond donors (Lipinski definition) is 1. The topological polar surface area (TPSA) is 76.7 Å². The highest BCUT2D eigenvalue weighted by Crippen LogP contribution is 2.30. The molecule has 122 valence electrons. The van der Waals surface area contributed by atoms with E-state index in [4.69, 9.17) is 25.9 Å². The van der Waals surface area contributed by atoms with Crippen LogP contribution in [0.4, 0.5) is 0 Å². The smallest absolute Gasteiger partial charge is 0.341 e. The van der Waals surface area contributed by atoms with E-state index in [1.54, 1.807) is 0 Å². The fraction of sp³-hybridized carbons (Fsp3) is 0.111. The number of fused-ring (bicyclic) bond motifs is 1. The second kappa shape index (κ2) is 6.37. The van der Waals surface area contributed by atoms with Gasteiger partial charge in [-0.25, -0.2) is 4.79 Å². The largest absolute Gasteiger partial charge is 0.482 e. The number of hydrogen-bond acceptors (Lipinski definition) is 4. The van der Waals surface area contributed by atoms with E-state index in [-0.39, 0.29) is 27.2 Å². The van der Waals surface area contributed by atoms with Gasteiger partial charge >= 0.3 is 5.97 Å². The van der Waals surface area contributed by atoms with Crippen LogP contribution >= 0.6 is 11.6 Å². The number of halogens is 1. The van der Waals surface area contributed by atoms with Gasteiger partial charge in [0.25, 0.3) is 0 Å². The van der Waals surface area contributed by atoms with Crippen LogP contribution in [0, 0.1) is 6.92 Å². The van der Waals surface area contributed by atoms with Gasteiger partial charge in [0.2, 0.25) is 5.43 Å². The van der Waals surface area contributed by atoms with Crippen LogP contribution in [0.3, 0.4) is 0 Å². The quantitative estimate of drug-likeness (QED) is 0.777. The van der Waals surface area contributed by atoms with Gasteiger partial charge in [0.15, 0.2) is 6.61 Å². The molecule has 0 atom stereocenters. The van der Waals surface area contributed by atoms with E-state index in [0.29, 0.717) is 5.56 Å². The van der Waals surface area contributed by atoms with Crippen molar-refractivity contribution < 1.29 is 19.1 Å². The maximum absolute atomic E-state index is 12.8. The molecule has 6 heteroatoms. The zero-order chi connectivity index (χ0) is 17.3. The van der Waals surface area contributed by atoms with Crippen molar-refractivity contribution in [2.45, 2.75) is 6.92 Å². The van der Waals surface area contributed by atoms with E-state index in [0.717, 1.165) is 11.1 Å². The molecule has 24 heavy (non-hydrogen) atoms. The summed E-state index contributed by atoms with van der Waals surface area (Å²) in [6.07, 6.45) is 1.38. The molecule has 5 nitrogen and oxygen atoms in total. The van der Waals surface area contributed by atoms with Crippen LogP contribution in [0.25, 0.3) is 22.1 Å². The molecule has 1 aromatic heterocycles. The first-order valence-electron chi connectivity index (χ1n) is 7.13. The molecule has 1 N–H and O–H groups in total. The van der Waals surface area contributed by atoms with Gasteiger partial charge in [-0.3, -0.25) is 4.79 Å². The zero-order valence-electron chi connectivity index (χ0n) is 12.7. The lowest BCUT2D eigenvalue weighted by atomic mass is 10.0. The Labute approximate surface area is 142 Å². The molecular formula is C18H13ClO5. The first-order valence-corrected chi connectivity index (χ1v) is 7.51. The Morgan fingerprint density at radius 2 is 2.00 bits per heavy atom. The lowest BCUT2D eigenvalue weighted by Crippen LogP contribution is -2.10. The standard InChI is InChI=1S/C18H13ClO5/c1-10-4-2-3-5-12(10)13-8-24-15-7-11(23-9-16(20)21)6-14(19)17(15)18(13)22/h2-8H,9H2,1H3,(H,20,21). The van der Waals surface area contributed by atoms with Gasteiger partial charge in [-0.15, -0.1) is 0 Å². The molecule has 3 aromatic rings. The van der Waals surface area contributed by atoms with Crippen LogP contribution in [-0.2, 0) is 4.79 Å². The molecule has 0 spiro atoms. The van der Waals surface area contributed by atoms with Gasteiger partial charge in [0.1, 0.15) is 17.6 Å². The van der Waals surface area contributed by atoms with E-state index in [1.165, 1.54) is 18.4 Å². The van der Waals surface area contributed by atoms with Crippen molar-refractivity contribution in [3.05, 3.63) is 63.5 Å². The molecule has 0 aliphatic rings. The number of carboxylic acid groups (broad SMARTS) is 1. The van der Waals surface area contributed by atoms with E-state index in [2.05, 4.69) is 0 Å². The van der Waals surface area contributed by atoms with Gasteiger partial charge in [0.05, 0.1) is 16.0 Å². The third kappa shape index (κ3) is 2.98. The number of ether oxygens (including phenoxy) is 1. The molecule has 0 saturated carbocycles. The third-order valence-corrected chi connectivity index (χ3v) is 3.90. The van der Waals surface area contributed by atoms with Crippen molar-refractivity contribution >= 4 is 28.5 Å². The van der Waals surface area contributed by atoms with Crippen LogP contribution in [-0.4, -0.2) is 17.7 Å². The highest BCUT2D eigenvalue weighted by molar-refractivity contribution is 6.35. The predicted molar refractivity (Wildman–Crippen MR) is 90.8 cm³/mol. The summed E-state index contributed by atoms with van der Waals surface area (Å²) in [4.78, 5) is 23.4. The highest BCUT2D eigenvalue weighted by atomic mass is 35.5. The number of carboxylic acids is 1. The molecule has 2 aromatic carbocycles. The van der Waals surface area contributed by atoms with Crippen LogP contribution in [0.15, 0.2) is 51.9 Å². The second-order valence-electron chi connectivity index (χ2n) is 5.25. The minimum atomic E-state index is -1.11. The van der Waals surface area contributed by atoms with Crippen LogP contribution < -0.4 is 10.2 Å². The van der Waals surface area contributed by atoms with Gasteiger partial charge in [-0.1, -0.05) is 35.9 Å². The van der Waals surface area contributed by atoms with Crippen LogP contribution in [0.2, 0.25) is 5.02 Å². The van der Waals surface area contributed by atoms with Crippen LogP contribution in [0.5, 0.6) is 5.75 Å². The molecule has 0 radical (unpaired) electrons. The summed E-state index contributed by atoms with van der Waals surface area (Å²) in [5.74, 6) is -0.885. The summed E-state index contributed by atoms with van der Waals surface area (Å²) < 4.78 is 10.6. The molecule has 1 heterocycles. The average Bonchev–Trinajstić information content (AvgIpc) is 2.54. The van der Waals surface area contributed by atoms with Crippen LogP contribution in [0.1, 0.15) is 5.56 Å². The zero-order valence-corrected chi connectivity index (χ0v) is 13.5. The Hall–Kier alpha value is -2.79. The molecule has 0 saturated heterocycles. The van der Waals surface area contributed by atoms with E-state index in [1.807, 2.05) is 31.2 Å². The Morgan fingerprint density at radius 1 is 1.25 bits per heavy atom. The van der Waals surface area contributed by atoms with Gasteiger partial charge in [-0.2, -0.15) is 0 Å². The monoisotopic (exact) mass is 344 g/mol. The Morgan fingerprint density at radius 3 is 2.71 bits per heavy atom. The molecule has 0 aliphatic heterocycles. The van der Waals surface area contributed by atoms with E-state index >= 15 is 0 Å².